The van der Waals surface area contributed by atoms with Gasteiger partial charge in [-0.15, -0.1) is 0 Å². The van der Waals surface area contributed by atoms with Gasteiger partial charge >= 0.3 is 5.97 Å². The van der Waals surface area contributed by atoms with Crippen LogP contribution in [0.25, 0.3) is 0 Å². The largest absolute Gasteiger partial charge is 0.462 e. The molecule has 0 aliphatic heterocycles. The normalized spacial score (nSPS) is 10.2. The maximum Gasteiger partial charge on any atom is 0.340 e. The summed E-state index contributed by atoms with van der Waals surface area (Å²) in [6, 6.07) is 2.52. The van der Waals surface area contributed by atoms with Gasteiger partial charge in [-0.3, -0.25) is 0 Å². The molecule has 0 radical (unpaired) electrons. The molecular weight excluding hydrogens is 255 g/mol. The number of nitrogens with two attached hydrogens (primary N) is 1. The molecule has 1 rings (SSSR count). The molecule has 0 aromatic heterocycles. The molecule has 6 heteroatoms. The van der Waals surface area contributed by atoms with E-state index < -0.39 is 11.8 Å². The number of nitrogens with one attached hydrogen (secondary N) is 1. The third-order valence-corrected chi connectivity index (χ3v) is 2.87. The van der Waals surface area contributed by atoms with Crippen LogP contribution in [0.5, 0.6) is 0 Å². The van der Waals surface area contributed by atoms with E-state index in [1.54, 1.807) is 18.7 Å². The molecule has 0 atom stereocenters. The van der Waals surface area contributed by atoms with Crippen molar-refractivity contribution in [2.45, 2.75) is 6.92 Å². The molecule has 0 bridgehead atoms. The van der Waals surface area contributed by atoms with Crippen molar-refractivity contribution < 1.29 is 13.9 Å². The number of thioether (sulfide) groups is 1. The Kier molecular flexibility index (Phi) is 5.77. The highest BCUT2D eigenvalue weighted by atomic mass is 32.2. The lowest BCUT2D eigenvalue weighted by atomic mass is 10.1. The topological polar surface area (TPSA) is 64.3 Å². The summed E-state index contributed by atoms with van der Waals surface area (Å²) in [6.07, 6.45) is 1.96. The standard InChI is InChI=1S/C12H17FN2O2S/c1-3-17-12(16)8-6-11(15-4-5-18-2)9(13)7-10(8)14/h6-7,15H,3-5,14H2,1-2H3. The van der Waals surface area contributed by atoms with E-state index in [4.69, 9.17) is 10.5 Å². The van der Waals surface area contributed by atoms with Gasteiger partial charge < -0.3 is 15.8 Å². The summed E-state index contributed by atoms with van der Waals surface area (Å²) < 4.78 is 18.5. The van der Waals surface area contributed by atoms with E-state index in [1.165, 1.54) is 6.07 Å². The Bertz CT molecular complexity index is 427. The predicted octanol–water partition coefficient (Wildman–Crippen LogP) is 2.36. The number of halogens is 1. The molecule has 0 fully saturated rings. The molecule has 0 heterocycles. The second-order valence-corrected chi connectivity index (χ2v) is 4.54. The number of nitrogen functional groups attached to an aromatic ring is 1. The zero-order valence-corrected chi connectivity index (χ0v) is 11.3. The van der Waals surface area contributed by atoms with Gasteiger partial charge in [-0.1, -0.05) is 0 Å². The summed E-state index contributed by atoms with van der Waals surface area (Å²) in [5, 5.41) is 2.92. The molecule has 0 aliphatic carbocycles. The van der Waals surface area contributed by atoms with Crippen molar-refractivity contribution in [2.24, 2.45) is 0 Å². The first kappa shape index (κ1) is 14.6. The van der Waals surface area contributed by atoms with Gasteiger partial charge in [-0.05, 0) is 25.3 Å². The SMILES string of the molecule is CCOC(=O)c1cc(NCCSC)c(F)cc1N. The Morgan fingerprint density at radius 1 is 1.56 bits per heavy atom. The molecule has 3 N–H and O–H groups in total. The van der Waals surface area contributed by atoms with Crippen molar-refractivity contribution in [1.82, 2.24) is 0 Å². The minimum absolute atomic E-state index is 0.0846. The molecule has 1 aromatic rings. The van der Waals surface area contributed by atoms with Crippen molar-refractivity contribution in [1.29, 1.82) is 0 Å². The summed E-state index contributed by atoms with van der Waals surface area (Å²) >= 11 is 1.65. The highest BCUT2D eigenvalue weighted by molar-refractivity contribution is 7.98. The van der Waals surface area contributed by atoms with E-state index in [1.807, 2.05) is 6.26 Å². The third kappa shape index (κ3) is 3.80. The second-order valence-electron chi connectivity index (χ2n) is 3.56. The van der Waals surface area contributed by atoms with Crippen LogP contribution in [-0.4, -0.2) is 31.1 Å². The second kappa shape index (κ2) is 7.10. The average molecular weight is 272 g/mol. The molecule has 0 spiro atoms. The van der Waals surface area contributed by atoms with Crippen LogP contribution in [0.15, 0.2) is 12.1 Å². The molecule has 18 heavy (non-hydrogen) atoms. The van der Waals surface area contributed by atoms with E-state index in [-0.39, 0.29) is 23.5 Å². The maximum atomic E-state index is 13.6. The van der Waals surface area contributed by atoms with Crippen molar-refractivity contribution in [3.8, 4) is 0 Å². The van der Waals surface area contributed by atoms with Crippen molar-refractivity contribution in [2.75, 3.05) is 36.2 Å². The van der Waals surface area contributed by atoms with Crippen LogP contribution in [0.4, 0.5) is 15.8 Å². The Balaban J connectivity index is 2.91. The fourth-order valence-electron chi connectivity index (χ4n) is 1.40. The molecule has 0 saturated carbocycles. The molecule has 1 aromatic carbocycles. The van der Waals surface area contributed by atoms with Crippen LogP contribution in [0, 0.1) is 5.82 Å². The fourth-order valence-corrected chi connectivity index (χ4v) is 1.70. The molecule has 100 valence electrons. The van der Waals surface area contributed by atoms with E-state index in [0.29, 0.717) is 6.54 Å². The quantitative estimate of drug-likeness (QED) is 0.473. The molecular formula is C12H17FN2O2S. The molecule has 0 unspecified atom stereocenters. The maximum absolute atomic E-state index is 13.6. The number of carbonyl (C=O) groups is 1. The smallest absolute Gasteiger partial charge is 0.340 e. The first-order valence-corrected chi connectivity index (χ1v) is 6.98. The first-order valence-electron chi connectivity index (χ1n) is 5.59. The van der Waals surface area contributed by atoms with Gasteiger partial charge in [0.1, 0.15) is 5.82 Å². The van der Waals surface area contributed by atoms with Crippen LogP contribution in [0.2, 0.25) is 0 Å². The van der Waals surface area contributed by atoms with Crippen molar-refractivity contribution in [3.05, 3.63) is 23.5 Å². The van der Waals surface area contributed by atoms with Gasteiger partial charge in [0.05, 0.1) is 17.9 Å². The van der Waals surface area contributed by atoms with Gasteiger partial charge in [0.2, 0.25) is 0 Å². The van der Waals surface area contributed by atoms with Gasteiger partial charge in [-0.2, -0.15) is 11.8 Å². The van der Waals surface area contributed by atoms with Gasteiger partial charge in [0.25, 0.3) is 0 Å². The van der Waals surface area contributed by atoms with Crippen LogP contribution in [-0.2, 0) is 4.74 Å². The summed E-state index contributed by atoms with van der Waals surface area (Å²) in [7, 11) is 0. The monoisotopic (exact) mass is 272 g/mol. The number of esters is 1. The zero-order valence-electron chi connectivity index (χ0n) is 10.5. The lowest BCUT2D eigenvalue weighted by molar-refractivity contribution is 0.0527. The van der Waals surface area contributed by atoms with Crippen LogP contribution >= 0.6 is 11.8 Å². The van der Waals surface area contributed by atoms with Crippen LogP contribution < -0.4 is 11.1 Å². The lowest BCUT2D eigenvalue weighted by Crippen LogP contribution is -2.11. The number of hydrogen-bond donors (Lipinski definition) is 2. The molecule has 0 aliphatic rings. The van der Waals surface area contributed by atoms with E-state index >= 15 is 0 Å². The van der Waals surface area contributed by atoms with E-state index in [0.717, 1.165) is 11.8 Å². The summed E-state index contributed by atoms with van der Waals surface area (Å²) in [4.78, 5) is 11.6. The Morgan fingerprint density at radius 3 is 2.89 bits per heavy atom. The number of rotatable bonds is 6. The van der Waals surface area contributed by atoms with Crippen molar-refractivity contribution in [3.63, 3.8) is 0 Å². The molecule has 0 amide bonds. The Labute approximate surface area is 110 Å². The Hall–Kier alpha value is -1.43. The molecule has 4 nitrogen and oxygen atoms in total. The van der Waals surface area contributed by atoms with Crippen molar-refractivity contribution >= 4 is 29.1 Å². The average Bonchev–Trinajstić information content (AvgIpc) is 2.32. The molecule has 0 saturated heterocycles. The van der Waals surface area contributed by atoms with Crippen LogP contribution in [0.3, 0.4) is 0 Å². The summed E-state index contributed by atoms with van der Waals surface area (Å²) in [6.45, 7) is 2.57. The number of hydrogen-bond acceptors (Lipinski definition) is 5. The fraction of sp³-hybridized carbons (Fsp3) is 0.417. The highest BCUT2D eigenvalue weighted by Crippen LogP contribution is 2.23. The van der Waals surface area contributed by atoms with Gasteiger partial charge in [0, 0.05) is 18.0 Å². The summed E-state index contributed by atoms with van der Waals surface area (Å²) in [5.74, 6) is -0.164. The first-order chi connectivity index (χ1) is 8.60. The number of carbonyl (C=O) groups excluding carboxylic acids is 1. The minimum atomic E-state index is -0.539. The predicted molar refractivity (Wildman–Crippen MR) is 73.6 cm³/mol. The zero-order chi connectivity index (χ0) is 13.5. The van der Waals surface area contributed by atoms with Gasteiger partial charge in [0.15, 0.2) is 0 Å². The van der Waals surface area contributed by atoms with Crippen LogP contribution in [0.1, 0.15) is 17.3 Å². The minimum Gasteiger partial charge on any atom is -0.462 e. The lowest BCUT2D eigenvalue weighted by Gasteiger charge is -2.11. The highest BCUT2D eigenvalue weighted by Gasteiger charge is 2.14. The number of ether oxygens (including phenoxy) is 1. The summed E-state index contributed by atoms with van der Waals surface area (Å²) in [5.41, 5.74) is 6.14. The Morgan fingerprint density at radius 2 is 2.28 bits per heavy atom. The number of anilines is 2. The van der Waals surface area contributed by atoms with E-state index in [2.05, 4.69) is 5.32 Å². The third-order valence-electron chi connectivity index (χ3n) is 2.26. The van der Waals surface area contributed by atoms with Gasteiger partial charge in [-0.25, -0.2) is 9.18 Å². The van der Waals surface area contributed by atoms with E-state index in [9.17, 15) is 9.18 Å². The number of benzene rings is 1.